The third-order valence-electron chi connectivity index (χ3n) is 3.20. The highest BCUT2D eigenvalue weighted by molar-refractivity contribution is 5.91. The largest absolute Gasteiger partial charge is 0.381 e. The molecule has 1 rings (SSSR count). The first-order valence-electron chi connectivity index (χ1n) is 7.58. The quantitative estimate of drug-likeness (QED) is 0.722. The fourth-order valence-corrected chi connectivity index (χ4v) is 1.85. The number of benzene rings is 1. The van der Waals surface area contributed by atoms with Crippen LogP contribution >= 0.6 is 0 Å². The van der Waals surface area contributed by atoms with E-state index in [0.29, 0.717) is 25.0 Å². The van der Waals surface area contributed by atoms with Crippen molar-refractivity contribution in [2.45, 2.75) is 46.6 Å². The molecule has 1 aromatic carbocycles. The first kappa shape index (κ1) is 17.7. The fraction of sp³-hybridized carbons (Fsp3) is 0.588. The summed E-state index contributed by atoms with van der Waals surface area (Å²) in [6.07, 6.45) is 2.23. The summed E-state index contributed by atoms with van der Waals surface area (Å²) in [6, 6.07) is 7.61. The number of hydrogen-bond acceptors (Lipinski definition) is 3. The minimum Gasteiger partial charge on any atom is -0.381 e. The zero-order valence-electron chi connectivity index (χ0n) is 13.4. The first-order chi connectivity index (χ1) is 9.92. The van der Waals surface area contributed by atoms with E-state index in [9.17, 15) is 4.79 Å². The second-order valence-electron chi connectivity index (χ2n) is 6.44. The summed E-state index contributed by atoms with van der Waals surface area (Å²) in [6.45, 7) is 8.38. The number of para-hydroxylation sites is 1. The summed E-state index contributed by atoms with van der Waals surface area (Å²) in [5.74, 6) is 0.00956. The van der Waals surface area contributed by atoms with Crippen LogP contribution in [0.2, 0.25) is 0 Å². The summed E-state index contributed by atoms with van der Waals surface area (Å²) >= 11 is 0. The Balaban J connectivity index is 2.20. The predicted molar refractivity (Wildman–Crippen MR) is 87.1 cm³/mol. The molecule has 118 valence electrons. The smallest absolute Gasteiger partial charge is 0.224 e. The molecule has 0 saturated heterocycles. The molecule has 1 amide bonds. The van der Waals surface area contributed by atoms with Gasteiger partial charge in [0.1, 0.15) is 0 Å². The van der Waals surface area contributed by atoms with E-state index in [1.165, 1.54) is 0 Å². The third kappa shape index (κ3) is 7.83. The predicted octanol–water partition coefficient (Wildman–Crippen LogP) is 3.32. The van der Waals surface area contributed by atoms with E-state index in [4.69, 9.17) is 10.5 Å². The van der Waals surface area contributed by atoms with Crippen LogP contribution in [0.25, 0.3) is 0 Å². The van der Waals surface area contributed by atoms with E-state index in [-0.39, 0.29) is 5.91 Å². The van der Waals surface area contributed by atoms with Gasteiger partial charge < -0.3 is 15.8 Å². The minimum absolute atomic E-state index is 0.00956. The highest BCUT2D eigenvalue weighted by Gasteiger charge is 2.09. The average molecular weight is 292 g/mol. The van der Waals surface area contributed by atoms with Crippen LogP contribution < -0.4 is 11.1 Å². The number of ether oxygens (including phenoxy) is 1. The second-order valence-corrected chi connectivity index (χ2v) is 6.44. The Morgan fingerprint density at radius 2 is 1.95 bits per heavy atom. The Morgan fingerprint density at radius 3 is 2.62 bits per heavy atom. The standard InChI is InChI=1S/C17H28N2O2/c1-17(2,3)10-12-21-11-6-9-16(20)19-15-8-5-4-7-14(15)13-18/h4-5,7-8H,6,9-13,18H2,1-3H3,(H,19,20). The Morgan fingerprint density at radius 1 is 1.24 bits per heavy atom. The van der Waals surface area contributed by atoms with Crippen molar-refractivity contribution < 1.29 is 9.53 Å². The molecule has 0 atom stereocenters. The number of nitrogens with two attached hydrogens (primary N) is 1. The van der Waals surface area contributed by atoms with Crippen molar-refractivity contribution in [1.82, 2.24) is 0 Å². The highest BCUT2D eigenvalue weighted by atomic mass is 16.5. The molecule has 0 spiro atoms. The molecule has 0 aromatic heterocycles. The van der Waals surface area contributed by atoms with Gasteiger partial charge >= 0.3 is 0 Å². The normalized spacial score (nSPS) is 11.4. The molecule has 4 nitrogen and oxygen atoms in total. The summed E-state index contributed by atoms with van der Waals surface area (Å²) in [7, 11) is 0. The monoisotopic (exact) mass is 292 g/mol. The number of hydrogen-bond donors (Lipinski definition) is 2. The Hall–Kier alpha value is -1.39. The van der Waals surface area contributed by atoms with E-state index in [1.54, 1.807) is 0 Å². The van der Waals surface area contributed by atoms with Gasteiger partial charge in [0.15, 0.2) is 0 Å². The SMILES string of the molecule is CC(C)(C)CCOCCCC(=O)Nc1ccccc1CN. The van der Waals surface area contributed by atoms with Gasteiger partial charge in [0, 0.05) is 31.9 Å². The van der Waals surface area contributed by atoms with Gasteiger partial charge in [-0.25, -0.2) is 0 Å². The van der Waals surface area contributed by atoms with Crippen LogP contribution in [0.4, 0.5) is 5.69 Å². The van der Waals surface area contributed by atoms with Crippen molar-refractivity contribution in [3.05, 3.63) is 29.8 Å². The lowest BCUT2D eigenvalue weighted by Crippen LogP contribution is -2.15. The van der Waals surface area contributed by atoms with Crippen LogP contribution in [-0.2, 0) is 16.1 Å². The highest BCUT2D eigenvalue weighted by Crippen LogP contribution is 2.18. The molecule has 21 heavy (non-hydrogen) atoms. The van der Waals surface area contributed by atoms with Gasteiger partial charge in [-0.3, -0.25) is 4.79 Å². The van der Waals surface area contributed by atoms with Crippen LogP contribution in [-0.4, -0.2) is 19.1 Å². The second kappa shape index (κ2) is 8.80. The molecule has 0 aliphatic heterocycles. The Bertz CT molecular complexity index is 439. The van der Waals surface area contributed by atoms with E-state index in [0.717, 1.165) is 30.7 Å². The fourth-order valence-electron chi connectivity index (χ4n) is 1.85. The lowest BCUT2D eigenvalue weighted by molar-refractivity contribution is -0.116. The number of rotatable bonds is 8. The van der Waals surface area contributed by atoms with Crippen molar-refractivity contribution in [2.24, 2.45) is 11.1 Å². The molecule has 0 saturated carbocycles. The number of carbonyl (C=O) groups excluding carboxylic acids is 1. The Labute approximate surface area is 128 Å². The van der Waals surface area contributed by atoms with Crippen molar-refractivity contribution in [3.63, 3.8) is 0 Å². The van der Waals surface area contributed by atoms with Crippen molar-refractivity contribution in [1.29, 1.82) is 0 Å². The molecule has 0 unspecified atom stereocenters. The lowest BCUT2D eigenvalue weighted by Gasteiger charge is -2.17. The zero-order valence-corrected chi connectivity index (χ0v) is 13.4. The van der Waals surface area contributed by atoms with Crippen molar-refractivity contribution in [3.8, 4) is 0 Å². The first-order valence-corrected chi connectivity index (χ1v) is 7.58. The molecular weight excluding hydrogens is 264 g/mol. The molecule has 0 fully saturated rings. The number of amides is 1. The number of nitrogens with one attached hydrogen (secondary N) is 1. The molecule has 0 aliphatic rings. The maximum atomic E-state index is 11.9. The molecule has 1 aromatic rings. The molecule has 0 radical (unpaired) electrons. The molecule has 0 heterocycles. The van der Waals surface area contributed by atoms with Crippen LogP contribution in [0.5, 0.6) is 0 Å². The Kier molecular flexibility index (Phi) is 7.40. The molecule has 3 N–H and O–H groups in total. The van der Waals surface area contributed by atoms with Gasteiger partial charge in [-0.1, -0.05) is 39.0 Å². The van der Waals surface area contributed by atoms with Gasteiger partial charge in [-0.05, 0) is 29.9 Å². The van der Waals surface area contributed by atoms with Gasteiger partial charge in [-0.2, -0.15) is 0 Å². The maximum absolute atomic E-state index is 11.9. The van der Waals surface area contributed by atoms with Gasteiger partial charge in [0.2, 0.25) is 5.91 Å². The zero-order chi connectivity index (χ0) is 15.7. The van der Waals surface area contributed by atoms with Gasteiger partial charge in [-0.15, -0.1) is 0 Å². The molecule has 4 heteroatoms. The van der Waals surface area contributed by atoms with Crippen LogP contribution in [0.1, 0.15) is 45.6 Å². The summed E-state index contributed by atoms with van der Waals surface area (Å²) in [4.78, 5) is 11.9. The topological polar surface area (TPSA) is 64.3 Å². The van der Waals surface area contributed by atoms with Crippen LogP contribution in [0, 0.1) is 5.41 Å². The van der Waals surface area contributed by atoms with Crippen LogP contribution in [0.3, 0.4) is 0 Å². The summed E-state index contributed by atoms with van der Waals surface area (Å²) in [5, 5.41) is 2.90. The van der Waals surface area contributed by atoms with Crippen LogP contribution in [0.15, 0.2) is 24.3 Å². The van der Waals surface area contributed by atoms with E-state index >= 15 is 0 Å². The molecule has 0 bridgehead atoms. The van der Waals surface area contributed by atoms with Crippen molar-refractivity contribution in [2.75, 3.05) is 18.5 Å². The van der Waals surface area contributed by atoms with E-state index < -0.39 is 0 Å². The van der Waals surface area contributed by atoms with Crippen molar-refractivity contribution >= 4 is 11.6 Å². The summed E-state index contributed by atoms with van der Waals surface area (Å²) in [5.41, 5.74) is 7.70. The molecular formula is C17H28N2O2. The summed E-state index contributed by atoms with van der Waals surface area (Å²) < 4.78 is 5.56. The lowest BCUT2D eigenvalue weighted by atomic mass is 9.93. The number of carbonyl (C=O) groups is 1. The minimum atomic E-state index is 0.00956. The number of anilines is 1. The van der Waals surface area contributed by atoms with E-state index in [1.807, 2.05) is 24.3 Å². The molecule has 0 aliphatic carbocycles. The van der Waals surface area contributed by atoms with E-state index in [2.05, 4.69) is 26.1 Å². The van der Waals surface area contributed by atoms with Gasteiger partial charge in [0.25, 0.3) is 0 Å². The maximum Gasteiger partial charge on any atom is 0.224 e. The average Bonchev–Trinajstić information content (AvgIpc) is 2.42. The third-order valence-corrected chi connectivity index (χ3v) is 3.20. The van der Waals surface area contributed by atoms with Gasteiger partial charge in [0.05, 0.1) is 0 Å².